The minimum atomic E-state index is -0.925. The Morgan fingerprint density at radius 2 is 2.09 bits per heavy atom. The number of rotatable bonds is 4. The van der Waals surface area contributed by atoms with Crippen LogP contribution in [0.5, 0.6) is 0 Å². The Hall–Kier alpha value is -4.05. The quantitative estimate of drug-likeness (QED) is 0.698. The summed E-state index contributed by atoms with van der Waals surface area (Å²) < 4.78 is 21.0. The molecule has 3 aliphatic carbocycles. The Labute approximate surface area is 203 Å². The number of nitrogens with zero attached hydrogens (tertiary/aromatic N) is 4. The summed E-state index contributed by atoms with van der Waals surface area (Å²) >= 11 is 0. The number of nitrogens with two attached hydrogens (primary N) is 1. The maximum atomic E-state index is 15.2. The zero-order valence-electron chi connectivity index (χ0n) is 19.5. The number of aliphatic imine (C=N–C) groups is 1. The second kappa shape index (κ2) is 7.74. The van der Waals surface area contributed by atoms with Crippen molar-refractivity contribution < 1.29 is 9.13 Å². The van der Waals surface area contributed by atoms with Crippen LogP contribution in [0.3, 0.4) is 0 Å². The summed E-state index contributed by atoms with van der Waals surface area (Å²) in [5.74, 6) is 0.607. The largest absolute Gasteiger partial charge is 0.500 e. The minimum Gasteiger partial charge on any atom is -0.500 e. The second-order valence-corrected chi connectivity index (χ2v) is 9.40. The first-order valence-corrected chi connectivity index (χ1v) is 11.7. The van der Waals surface area contributed by atoms with E-state index in [1.165, 1.54) is 12.4 Å². The summed E-state index contributed by atoms with van der Waals surface area (Å²) in [6, 6.07) is 5.61. The van der Waals surface area contributed by atoms with Gasteiger partial charge < -0.3 is 10.5 Å². The van der Waals surface area contributed by atoms with Gasteiger partial charge >= 0.3 is 0 Å². The fraction of sp³-hybridized carbons (Fsp3) is 0.286. The maximum Gasteiger partial charge on any atom is 0.136 e. The number of ether oxygens (including phenoxy) is 1. The number of hydrogen-bond acceptors (Lipinski definition) is 6. The van der Waals surface area contributed by atoms with Crippen molar-refractivity contribution >= 4 is 11.4 Å². The van der Waals surface area contributed by atoms with Crippen LogP contribution in [0.2, 0.25) is 0 Å². The lowest BCUT2D eigenvalue weighted by Crippen LogP contribution is -2.29. The molecule has 1 aromatic heterocycles. The lowest BCUT2D eigenvalue weighted by Gasteiger charge is -2.35. The smallest absolute Gasteiger partial charge is 0.136 e. The number of benzene rings is 1. The summed E-state index contributed by atoms with van der Waals surface area (Å²) in [5, 5.41) is 9.54. The molecule has 35 heavy (non-hydrogen) atoms. The van der Waals surface area contributed by atoms with E-state index in [9.17, 15) is 5.26 Å². The van der Waals surface area contributed by atoms with Crippen LogP contribution in [-0.2, 0) is 10.3 Å². The molecule has 1 aromatic carbocycles. The van der Waals surface area contributed by atoms with E-state index in [0.717, 1.165) is 51.2 Å². The Bertz CT molecular complexity index is 1460. The lowest BCUT2D eigenvalue weighted by atomic mass is 9.71. The number of methoxy groups -OCH3 is 1. The van der Waals surface area contributed by atoms with Gasteiger partial charge in [-0.25, -0.2) is 19.4 Å². The number of halogens is 1. The first-order chi connectivity index (χ1) is 17.0. The second-order valence-electron chi connectivity index (χ2n) is 9.40. The van der Waals surface area contributed by atoms with Crippen LogP contribution >= 0.6 is 0 Å². The monoisotopic (exact) mass is 465 g/mol. The number of allylic oxidation sites excluding steroid dienone is 5. The third kappa shape index (κ3) is 2.83. The van der Waals surface area contributed by atoms with Gasteiger partial charge in [0, 0.05) is 36.2 Å². The van der Waals surface area contributed by atoms with Gasteiger partial charge in [-0.3, -0.25) is 0 Å². The van der Waals surface area contributed by atoms with Crippen LogP contribution < -0.4 is 5.73 Å². The maximum absolute atomic E-state index is 15.2. The molecule has 7 heteroatoms. The molecule has 174 valence electrons. The number of fused-ring (bicyclic) bond motifs is 2. The van der Waals surface area contributed by atoms with E-state index < -0.39 is 5.54 Å². The lowest BCUT2D eigenvalue weighted by molar-refractivity contribution is 0.233. The number of nitriles is 1. The first-order valence-electron chi connectivity index (χ1n) is 11.7. The molecule has 6 rings (SSSR count). The Morgan fingerprint density at radius 1 is 1.29 bits per heavy atom. The predicted molar refractivity (Wildman–Crippen MR) is 130 cm³/mol. The molecule has 0 saturated heterocycles. The van der Waals surface area contributed by atoms with Gasteiger partial charge in [0.15, 0.2) is 0 Å². The number of amidine groups is 1. The van der Waals surface area contributed by atoms with Crippen molar-refractivity contribution in [3.8, 4) is 6.07 Å². The fourth-order valence-corrected chi connectivity index (χ4v) is 6.35. The normalized spacial score (nSPS) is 26.2. The summed E-state index contributed by atoms with van der Waals surface area (Å²) in [4.78, 5) is 13.4. The highest BCUT2D eigenvalue weighted by Gasteiger charge is 2.55. The molecule has 0 amide bonds. The molecule has 1 aliphatic heterocycles. The molecule has 2 heterocycles. The molecular formula is C28H24FN5O. The van der Waals surface area contributed by atoms with Gasteiger partial charge in [0.2, 0.25) is 0 Å². The van der Waals surface area contributed by atoms with Gasteiger partial charge in [-0.15, -0.1) is 0 Å². The molecule has 0 radical (unpaired) electrons. The van der Waals surface area contributed by atoms with Gasteiger partial charge in [0.25, 0.3) is 0 Å². The van der Waals surface area contributed by atoms with Crippen LogP contribution in [0, 0.1) is 23.1 Å². The molecule has 3 atom stereocenters. The van der Waals surface area contributed by atoms with E-state index in [1.807, 2.05) is 25.4 Å². The van der Waals surface area contributed by atoms with Crippen molar-refractivity contribution in [2.45, 2.75) is 37.6 Å². The highest BCUT2D eigenvalue weighted by molar-refractivity contribution is 6.08. The molecule has 0 fully saturated rings. The average molecular weight is 466 g/mol. The minimum absolute atomic E-state index is 0.0670. The zero-order valence-corrected chi connectivity index (χ0v) is 19.5. The van der Waals surface area contributed by atoms with Gasteiger partial charge in [-0.05, 0) is 59.3 Å². The van der Waals surface area contributed by atoms with Crippen molar-refractivity contribution in [1.82, 2.24) is 9.97 Å². The highest BCUT2D eigenvalue weighted by Crippen LogP contribution is 2.62. The van der Waals surface area contributed by atoms with Crippen molar-refractivity contribution in [1.29, 1.82) is 5.26 Å². The molecule has 0 saturated carbocycles. The van der Waals surface area contributed by atoms with E-state index in [4.69, 9.17) is 15.5 Å². The van der Waals surface area contributed by atoms with Crippen LogP contribution in [0.15, 0.2) is 76.6 Å². The summed E-state index contributed by atoms with van der Waals surface area (Å²) in [6.07, 6.45) is 13.3. The number of hydrogen-bond donors (Lipinski definition) is 1. The third-order valence-corrected chi connectivity index (χ3v) is 7.69. The number of aromatic nitrogens is 2. The SMILES string of the molecule is COC1=C(C)C2=C(CC1CC#N)C1(C3=CC(c4cncnc4)CC=C3)N=C(N)c3c(F)ccc2c31. The molecule has 4 aliphatic rings. The molecular weight excluding hydrogens is 441 g/mol. The van der Waals surface area contributed by atoms with E-state index in [0.29, 0.717) is 18.4 Å². The van der Waals surface area contributed by atoms with Crippen molar-refractivity contribution in [2.75, 3.05) is 7.11 Å². The predicted octanol–water partition coefficient (Wildman–Crippen LogP) is 4.82. The summed E-state index contributed by atoms with van der Waals surface area (Å²) in [7, 11) is 1.65. The van der Waals surface area contributed by atoms with Crippen molar-refractivity contribution in [3.05, 3.63) is 99.6 Å². The van der Waals surface area contributed by atoms with Crippen LogP contribution in [0.25, 0.3) is 5.57 Å². The van der Waals surface area contributed by atoms with Gasteiger partial charge in [-0.2, -0.15) is 5.26 Å². The zero-order chi connectivity index (χ0) is 24.3. The molecule has 0 bridgehead atoms. The summed E-state index contributed by atoms with van der Waals surface area (Å²) in [6.45, 7) is 2.02. The first kappa shape index (κ1) is 21.5. The fourth-order valence-electron chi connectivity index (χ4n) is 6.35. The van der Waals surface area contributed by atoms with E-state index >= 15 is 4.39 Å². The van der Waals surface area contributed by atoms with Crippen molar-refractivity contribution in [3.63, 3.8) is 0 Å². The molecule has 2 aromatic rings. The van der Waals surface area contributed by atoms with Gasteiger partial charge in [0.05, 0.1) is 18.7 Å². The Kier molecular flexibility index (Phi) is 4.75. The summed E-state index contributed by atoms with van der Waals surface area (Å²) in [5.41, 5.74) is 12.6. The Morgan fingerprint density at radius 3 is 2.83 bits per heavy atom. The van der Waals surface area contributed by atoms with E-state index in [-0.39, 0.29) is 23.5 Å². The van der Waals surface area contributed by atoms with E-state index in [1.54, 1.807) is 7.11 Å². The van der Waals surface area contributed by atoms with Crippen molar-refractivity contribution in [2.24, 2.45) is 16.6 Å². The highest BCUT2D eigenvalue weighted by atomic mass is 19.1. The topological polar surface area (TPSA) is 97.2 Å². The average Bonchev–Trinajstić information content (AvgIpc) is 3.34. The third-order valence-electron chi connectivity index (χ3n) is 7.69. The molecule has 0 spiro atoms. The molecule has 2 N–H and O–H groups in total. The molecule has 3 unspecified atom stereocenters. The van der Waals surface area contributed by atoms with Crippen LogP contribution in [-0.4, -0.2) is 22.9 Å². The van der Waals surface area contributed by atoms with Crippen LogP contribution in [0.1, 0.15) is 54.4 Å². The molecule has 6 nitrogen and oxygen atoms in total. The van der Waals surface area contributed by atoms with E-state index in [2.05, 4.69) is 34.3 Å². The van der Waals surface area contributed by atoms with Gasteiger partial charge in [-0.1, -0.05) is 24.3 Å². The Balaban J connectivity index is 1.63. The van der Waals surface area contributed by atoms with Crippen LogP contribution in [0.4, 0.5) is 4.39 Å². The standard InChI is InChI=1S/C28H24FN5O/c1-15-23-20-6-7-22(29)24-25(20)28(34-27(24)31,21(23)11-17(8-9-30)26(15)35-2)19-5-3-4-16(10-19)18-12-32-14-33-13-18/h3,5-7,10,12-14,16-17H,4,8,11H2,1-2H3,(H2,31,34). The van der Waals surface area contributed by atoms with Gasteiger partial charge in [0.1, 0.15) is 29.3 Å².